The van der Waals surface area contributed by atoms with Crippen LogP contribution in [0, 0.1) is 0 Å². The third kappa shape index (κ3) is 1.08. The third-order valence-electron chi connectivity index (χ3n) is 2.69. The van der Waals surface area contributed by atoms with Crippen LogP contribution < -0.4 is 5.32 Å². The van der Waals surface area contributed by atoms with E-state index >= 15 is 0 Å². The van der Waals surface area contributed by atoms with E-state index in [2.05, 4.69) is 29.6 Å². The third-order valence-corrected chi connectivity index (χ3v) is 2.69. The summed E-state index contributed by atoms with van der Waals surface area (Å²) in [7, 11) is 0. The highest BCUT2D eigenvalue weighted by Crippen LogP contribution is 2.30. The molecule has 14 heavy (non-hydrogen) atoms. The number of rotatable bonds is 1. The van der Waals surface area contributed by atoms with Gasteiger partial charge in [0.15, 0.2) is 0 Å². The van der Waals surface area contributed by atoms with E-state index in [1.807, 2.05) is 12.1 Å². The molecule has 70 valence electrons. The molecule has 1 aliphatic heterocycles. The Bertz CT molecular complexity index is 433. The van der Waals surface area contributed by atoms with E-state index in [0.717, 1.165) is 12.3 Å². The Hall–Kier alpha value is -1.54. The minimum absolute atomic E-state index is 0.237. The van der Waals surface area contributed by atoms with Crippen molar-refractivity contribution >= 4 is 0 Å². The van der Waals surface area contributed by atoms with Crippen LogP contribution in [0.3, 0.4) is 0 Å². The first-order valence-electron chi connectivity index (χ1n) is 4.80. The molecule has 2 nitrogen and oxygen atoms in total. The van der Waals surface area contributed by atoms with E-state index < -0.39 is 0 Å². The monoisotopic (exact) mass is 185 g/mol. The van der Waals surface area contributed by atoms with Crippen molar-refractivity contribution in [3.05, 3.63) is 59.5 Å². The molecule has 0 saturated carbocycles. The highest BCUT2D eigenvalue weighted by Gasteiger charge is 2.24. The van der Waals surface area contributed by atoms with E-state index in [1.165, 1.54) is 11.1 Å². The molecule has 2 heteroatoms. The first-order chi connectivity index (χ1) is 6.95. The molecular formula is C12H11NO. The Morgan fingerprint density at radius 1 is 1.14 bits per heavy atom. The van der Waals surface area contributed by atoms with Crippen LogP contribution in [0.2, 0.25) is 0 Å². The lowest BCUT2D eigenvalue weighted by atomic mass is 10.0. The van der Waals surface area contributed by atoms with E-state index in [1.54, 1.807) is 6.26 Å². The zero-order valence-corrected chi connectivity index (χ0v) is 7.73. The van der Waals surface area contributed by atoms with Crippen molar-refractivity contribution in [2.45, 2.75) is 12.6 Å². The van der Waals surface area contributed by atoms with Gasteiger partial charge in [-0.15, -0.1) is 0 Å². The van der Waals surface area contributed by atoms with Gasteiger partial charge in [0.1, 0.15) is 5.76 Å². The van der Waals surface area contributed by atoms with Crippen molar-refractivity contribution < 1.29 is 4.42 Å². The van der Waals surface area contributed by atoms with Crippen molar-refractivity contribution in [3.8, 4) is 0 Å². The van der Waals surface area contributed by atoms with Crippen LogP contribution in [0.5, 0.6) is 0 Å². The summed E-state index contributed by atoms with van der Waals surface area (Å²) in [6, 6.07) is 12.6. The lowest BCUT2D eigenvalue weighted by molar-refractivity contribution is 0.462. The molecule has 1 aliphatic rings. The normalized spacial score (nSPS) is 19.6. The first-order valence-corrected chi connectivity index (χ1v) is 4.80. The first kappa shape index (κ1) is 7.83. The minimum Gasteiger partial charge on any atom is -0.467 e. The maximum absolute atomic E-state index is 5.41. The second-order valence-corrected chi connectivity index (χ2v) is 3.53. The SMILES string of the molecule is c1coc(C2NCc3ccccc32)c1. The predicted octanol–water partition coefficient (Wildman–Crippen LogP) is 2.47. The lowest BCUT2D eigenvalue weighted by Gasteiger charge is -2.07. The summed E-state index contributed by atoms with van der Waals surface area (Å²) in [6.07, 6.45) is 1.72. The quantitative estimate of drug-likeness (QED) is 0.738. The molecule has 2 heterocycles. The molecule has 0 amide bonds. The summed E-state index contributed by atoms with van der Waals surface area (Å²) in [6.45, 7) is 0.932. The van der Waals surface area contributed by atoms with E-state index in [-0.39, 0.29) is 6.04 Å². The zero-order chi connectivity index (χ0) is 9.38. The van der Waals surface area contributed by atoms with Gasteiger partial charge in [-0.3, -0.25) is 5.32 Å². The van der Waals surface area contributed by atoms with Crippen LogP contribution in [-0.4, -0.2) is 0 Å². The average Bonchev–Trinajstić information content (AvgIpc) is 2.85. The fourth-order valence-corrected chi connectivity index (χ4v) is 2.01. The number of fused-ring (bicyclic) bond motifs is 1. The molecule has 1 atom stereocenters. The van der Waals surface area contributed by atoms with E-state index in [0.29, 0.717) is 0 Å². The van der Waals surface area contributed by atoms with Crippen LogP contribution in [0.15, 0.2) is 47.1 Å². The summed E-state index contributed by atoms with van der Waals surface area (Å²) >= 11 is 0. The molecule has 1 aromatic carbocycles. The average molecular weight is 185 g/mol. The standard InChI is InChI=1S/C12H11NO/c1-2-5-10-9(4-1)8-13-12(10)11-6-3-7-14-11/h1-7,12-13H,8H2. The van der Waals surface area contributed by atoms with Gasteiger partial charge in [0.05, 0.1) is 12.3 Å². The van der Waals surface area contributed by atoms with Gasteiger partial charge in [-0.05, 0) is 23.3 Å². The fourth-order valence-electron chi connectivity index (χ4n) is 2.01. The Balaban J connectivity index is 2.06. The Kier molecular flexibility index (Phi) is 1.67. The summed E-state index contributed by atoms with van der Waals surface area (Å²) in [4.78, 5) is 0. The Labute approximate surface area is 82.6 Å². The molecule has 0 bridgehead atoms. The number of nitrogens with one attached hydrogen (secondary N) is 1. The lowest BCUT2D eigenvalue weighted by Crippen LogP contribution is -2.12. The molecule has 0 aliphatic carbocycles. The summed E-state index contributed by atoms with van der Waals surface area (Å²) in [5.41, 5.74) is 2.70. The van der Waals surface area contributed by atoms with Crippen molar-refractivity contribution in [3.63, 3.8) is 0 Å². The van der Waals surface area contributed by atoms with Gasteiger partial charge in [-0.1, -0.05) is 24.3 Å². The molecule has 0 fully saturated rings. The van der Waals surface area contributed by atoms with E-state index in [9.17, 15) is 0 Å². The molecular weight excluding hydrogens is 174 g/mol. The molecule has 0 spiro atoms. The Morgan fingerprint density at radius 3 is 2.93 bits per heavy atom. The maximum Gasteiger partial charge on any atom is 0.125 e. The van der Waals surface area contributed by atoms with Gasteiger partial charge in [-0.2, -0.15) is 0 Å². The zero-order valence-electron chi connectivity index (χ0n) is 7.73. The molecule has 1 unspecified atom stereocenters. The molecule has 3 rings (SSSR count). The van der Waals surface area contributed by atoms with Crippen LogP contribution in [0.1, 0.15) is 22.9 Å². The molecule has 1 N–H and O–H groups in total. The van der Waals surface area contributed by atoms with Gasteiger partial charge in [0.2, 0.25) is 0 Å². The summed E-state index contributed by atoms with van der Waals surface area (Å²) in [5, 5.41) is 3.43. The molecule has 1 aromatic heterocycles. The van der Waals surface area contributed by atoms with Gasteiger partial charge in [0.25, 0.3) is 0 Å². The van der Waals surface area contributed by atoms with Crippen molar-refractivity contribution in [1.29, 1.82) is 0 Å². The highest BCUT2D eigenvalue weighted by molar-refractivity contribution is 5.38. The van der Waals surface area contributed by atoms with Gasteiger partial charge >= 0.3 is 0 Å². The highest BCUT2D eigenvalue weighted by atomic mass is 16.3. The smallest absolute Gasteiger partial charge is 0.125 e. The van der Waals surface area contributed by atoms with Crippen LogP contribution in [-0.2, 0) is 6.54 Å². The topological polar surface area (TPSA) is 25.2 Å². The summed E-state index contributed by atoms with van der Waals surface area (Å²) < 4.78 is 5.41. The predicted molar refractivity (Wildman–Crippen MR) is 53.8 cm³/mol. The summed E-state index contributed by atoms with van der Waals surface area (Å²) in [5.74, 6) is 0.995. The number of furan rings is 1. The minimum atomic E-state index is 0.237. The molecule has 2 aromatic rings. The molecule has 0 radical (unpaired) electrons. The van der Waals surface area contributed by atoms with E-state index in [4.69, 9.17) is 4.42 Å². The molecule has 0 saturated heterocycles. The number of benzene rings is 1. The maximum atomic E-state index is 5.41. The second-order valence-electron chi connectivity index (χ2n) is 3.53. The van der Waals surface area contributed by atoms with Crippen molar-refractivity contribution in [1.82, 2.24) is 5.32 Å². The van der Waals surface area contributed by atoms with Crippen LogP contribution in [0.4, 0.5) is 0 Å². The Morgan fingerprint density at radius 2 is 2.07 bits per heavy atom. The number of hydrogen-bond donors (Lipinski definition) is 1. The van der Waals surface area contributed by atoms with Gasteiger partial charge < -0.3 is 4.42 Å². The van der Waals surface area contributed by atoms with Crippen LogP contribution in [0.25, 0.3) is 0 Å². The van der Waals surface area contributed by atoms with Crippen molar-refractivity contribution in [2.75, 3.05) is 0 Å². The second kappa shape index (κ2) is 3.00. The van der Waals surface area contributed by atoms with Gasteiger partial charge in [0, 0.05) is 6.54 Å². The van der Waals surface area contributed by atoms with Crippen LogP contribution >= 0.6 is 0 Å². The largest absolute Gasteiger partial charge is 0.467 e. The number of hydrogen-bond acceptors (Lipinski definition) is 2. The van der Waals surface area contributed by atoms with Gasteiger partial charge in [-0.25, -0.2) is 0 Å². The van der Waals surface area contributed by atoms with Crippen molar-refractivity contribution in [2.24, 2.45) is 0 Å². The fraction of sp³-hybridized carbons (Fsp3) is 0.167.